The van der Waals surface area contributed by atoms with E-state index in [4.69, 9.17) is 9.47 Å². The first-order chi connectivity index (χ1) is 10.8. The summed E-state index contributed by atoms with van der Waals surface area (Å²) >= 11 is 0. The molecule has 0 spiro atoms. The minimum absolute atomic E-state index is 0.137. The second kappa shape index (κ2) is 6.93. The summed E-state index contributed by atoms with van der Waals surface area (Å²) in [7, 11) is 1.65. The number of morpholine rings is 1. The average molecular weight is 306 g/mol. The number of anilines is 1. The predicted molar refractivity (Wildman–Crippen MR) is 82.2 cm³/mol. The fourth-order valence-corrected chi connectivity index (χ4v) is 2.80. The maximum Gasteiger partial charge on any atom is 0.242 e. The lowest BCUT2D eigenvalue weighted by Crippen LogP contribution is -2.57. The van der Waals surface area contributed by atoms with Crippen molar-refractivity contribution in [2.24, 2.45) is 0 Å². The number of methoxy groups -OCH3 is 1. The highest BCUT2D eigenvalue weighted by atomic mass is 16.5. The molecule has 2 aliphatic heterocycles. The van der Waals surface area contributed by atoms with Gasteiger partial charge in [0.05, 0.1) is 20.3 Å². The van der Waals surface area contributed by atoms with Crippen LogP contribution in [0, 0.1) is 0 Å². The van der Waals surface area contributed by atoms with Gasteiger partial charge in [-0.05, 0) is 6.07 Å². The molecule has 0 aromatic carbocycles. The third-order valence-electron chi connectivity index (χ3n) is 4.09. The first-order valence-electron chi connectivity index (χ1n) is 7.63. The van der Waals surface area contributed by atoms with E-state index < -0.39 is 0 Å². The molecule has 0 bridgehead atoms. The van der Waals surface area contributed by atoms with Crippen LogP contribution in [0.4, 0.5) is 5.82 Å². The number of nitrogens with zero attached hydrogens (tertiary/aromatic N) is 3. The molecule has 2 saturated heterocycles. The quantitative estimate of drug-likeness (QED) is 0.829. The van der Waals surface area contributed by atoms with Gasteiger partial charge in [0.15, 0.2) is 0 Å². The number of amides is 1. The minimum atomic E-state index is -0.199. The number of hydrogen-bond acceptors (Lipinski definition) is 6. The molecule has 3 rings (SSSR count). The third-order valence-corrected chi connectivity index (χ3v) is 4.09. The molecule has 7 heteroatoms. The molecule has 2 aliphatic rings. The second-order valence-corrected chi connectivity index (χ2v) is 5.45. The maximum atomic E-state index is 12.4. The van der Waals surface area contributed by atoms with Crippen molar-refractivity contribution in [2.75, 3.05) is 57.9 Å². The van der Waals surface area contributed by atoms with E-state index in [2.05, 4.69) is 15.2 Å². The average Bonchev–Trinajstić information content (AvgIpc) is 2.62. The first-order valence-corrected chi connectivity index (χ1v) is 7.63. The van der Waals surface area contributed by atoms with E-state index in [0.29, 0.717) is 26.3 Å². The molecule has 1 atom stereocenters. The summed E-state index contributed by atoms with van der Waals surface area (Å²) in [6, 6.07) is 3.56. The van der Waals surface area contributed by atoms with Crippen molar-refractivity contribution in [3.8, 4) is 5.75 Å². The number of hydrogen-bond donors (Lipinski definition) is 1. The molecule has 1 unspecified atom stereocenters. The van der Waals surface area contributed by atoms with Crippen LogP contribution >= 0.6 is 0 Å². The van der Waals surface area contributed by atoms with Crippen molar-refractivity contribution < 1.29 is 14.3 Å². The van der Waals surface area contributed by atoms with Crippen molar-refractivity contribution in [2.45, 2.75) is 6.04 Å². The van der Waals surface area contributed by atoms with Crippen LogP contribution in [0.25, 0.3) is 0 Å². The number of piperazine rings is 1. The number of aromatic nitrogens is 1. The highest BCUT2D eigenvalue weighted by Crippen LogP contribution is 2.19. The number of ether oxygens (including phenoxy) is 2. The molecule has 0 aliphatic carbocycles. The van der Waals surface area contributed by atoms with E-state index in [0.717, 1.165) is 31.2 Å². The lowest BCUT2D eigenvalue weighted by Gasteiger charge is -2.37. The summed E-state index contributed by atoms with van der Waals surface area (Å²) in [6.45, 7) is 4.85. The molecule has 7 nitrogen and oxygen atoms in total. The van der Waals surface area contributed by atoms with Crippen molar-refractivity contribution in [1.29, 1.82) is 0 Å². The van der Waals surface area contributed by atoms with E-state index in [9.17, 15) is 4.79 Å². The molecule has 1 amide bonds. The summed E-state index contributed by atoms with van der Waals surface area (Å²) < 4.78 is 10.6. The zero-order valence-electron chi connectivity index (χ0n) is 12.8. The number of pyridine rings is 1. The molecule has 120 valence electrons. The summed E-state index contributed by atoms with van der Waals surface area (Å²) in [6.07, 6.45) is 1.75. The van der Waals surface area contributed by atoms with Crippen LogP contribution in [-0.2, 0) is 9.53 Å². The molecule has 1 aromatic rings. The molecule has 0 saturated carbocycles. The smallest absolute Gasteiger partial charge is 0.242 e. The Morgan fingerprint density at radius 1 is 1.41 bits per heavy atom. The van der Waals surface area contributed by atoms with Crippen LogP contribution in [0.3, 0.4) is 0 Å². The number of carbonyl (C=O) groups is 1. The van der Waals surface area contributed by atoms with E-state index in [1.165, 1.54) is 0 Å². The Kier molecular flexibility index (Phi) is 4.74. The van der Waals surface area contributed by atoms with Crippen molar-refractivity contribution in [3.63, 3.8) is 0 Å². The van der Waals surface area contributed by atoms with Crippen LogP contribution in [0.5, 0.6) is 5.75 Å². The highest BCUT2D eigenvalue weighted by Gasteiger charge is 2.29. The molecular formula is C15H22N4O3. The third kappa shape index (κ3) is 3.31. The standard InChI is InChI=1S/C15H22N4O3/c1-21-12-2-3-17-14(10-12)18-5-7-19(8-6-18)15(20)13-11-22-9-4-16-13/h2-3,10,13,16H,4-9,11H2,1H3. The fraction of sp³-hybridized carbons (Fsp3) is 0.600. The Balaban J connectivity index is 1.56. The lowest BCUT2D eigenvalue weighted by atomic mass is 10.2. The van der Waals surface area contributed by atoms with Gasteiger partial charge in [0.25, 0.3) is 0 Å². The van der Waals surface area contributed by atoms with Gasteiger partial charge in [-0.2, -0.15) is 0 Å². The summed E-state index contributed by atoms with van der Waals surface area (Å²) in [4.78, 5) is 20.9. The van der Waals surface area contributed by atoms with E-state index in [1.807, 2.05) is 17.0 Å². The SMILES string of the molecule is COc1ccnc(N2CCN(C(=O)C3COCCN3)CC2)c1. The summed E-state index contributed by atoms with van der Waals surface area (Å²) in [5, 5.41) is 3.22. The van der Waals surface area contributed by atoms with Crippen LogP contribution in [-0.4, -0.2) is 74.9 Å². The molecular weight excluding hydrogens is 284 g/mol. The topological polar surface area (TPSA) is 66.9 Å². The van der Waals surface area contributed by atoms with E-state index in [1.54, 1.807) is 13.3 Å². The fourth-order valence-electron chi connectivity index (χ4n) is 2.80. The van der Waals surface area contributed by atoms with E-state index >= 15 is 0 Å². The lowest BCUT2D eigenvalue weighted by molar-refractivity contribution is -0.136. The number of rotatable bonds is 3. The first kappa shape index (κ1) is 15.1. The van der Waals surface area contributed by atoms with Gasteiger partial charge in [-0.3, -0.25) is 4.79 Å². The number of nitrogens with one attached hydrogen (secondary N) is 1. The summed E-state index contributed by atoms with van der Waals surface area (Å²) in [5.41, 5.74) is 0. The van der Waals surface area contributed by atoms with Gasteiger partial charge < -0.3 is 24.6 Å². The molecule has 2 fully saturated rings. The molecule has 1 aromatic heterocycles. The summed E-state index contributed by atoms with van der Waals surface area (Å²) in [5.74, 6) is 1.83. The Hall–Kier alpha value is -1.86. The maximum absolute atomic E-state index is 12.4. The Morgan fingerprint density at radius 3 is 2.91 bits per heavy atom. The van der Waals surface area contributed by atoms with Crippen LogP contribution in [0.2, 0.25) is 0 Å². The monoisotopic (exact) mass is 306 g/mol. The van der Waals surface area contributed by atoms with Crippen LogP contribution < -0.4 is 15.0 Å². The zero-order chi connectivity index (χ0) is 15.4. The van der Waals surface area contributed by atoms with Crippen molar-refractivity contribution in [1.82, 2.24) is 15.2 Å². The zero-order valence-corrected chi connectivity index (χ0v) is 12.8. The predicted octanol–water partition coefficient (Wildman–Crippen LogP) is -0.273. The Bertz CT molecular complexity index is 511. The largest absolute Gasteiger partial charge is 0.497 e. The van der Waals surface area contributed by atoms with Gasteiger partial charge in [0.2, 0.25) is 5.91 Å². The normalized spacial score (nSPS) is 22.5. The van der Waals surface area contributed by atoms with Crippen LogP contribution in [0.15, 0.2) is 18.3 Å². The minimum Gasteiger partial charge on any atom is -0.497 e. The van der Waals surface area contributed by atoms with Crippen LogP contribution in [0.1, 0.15) is 0 Å². The Labute approximate surface area is 130 Å². The van der Waals surface area contributed by atoms with Gasteiger partial charge in [0.1, 0.15) is 17.6 Å². The van der Waals surface area contributed by atoms with Gasteiger partial charge in [-0.25, -0.2) is 4.98 Å². The van der Waals surface area contributed by atoms with Crippen molar-refractivity contribution >= 4 is 11.7 Å². The van der Waals surface area contributed by atoms with Crippen molar-refractivity contribution in [3.05, 3.63) is 18.3 Å². The Morgan fingerprint density at radius 2 is 2.23 bits per heavy atom. The van der Waals surface area contributed by atoms with Gasteiger partial charge in [-0.15, -0.1) is 0 Å². The number of carbonyl (C=O) groups excluding carboxylic acids is 1. The molecule has 22 heavy (non-hydrogen) atoms. The molecule has 0 radical (unpaired) electrons. The molecule has 3 heterocycles. The molecule has 1 N–H and O–H groups in total. The van der Waals surface area contributed by atoms with Gasteiger partial charge >= 0.3 is 0 Å². The van der Waals surface area contributed by atoms with Gasteiger partial charge in [-0.1, -0.05) is 0 Å². The highest BCUT2D eigenvalue weighted by molar-refractivity contribution is 5.82. The van der Waals surface area contributed by atoms with Gasteiger partial charge in [0, 0.05) is 45.0 Å². The van der Waals surface area contributed by atoms with E-state index in [-0.39, 0.29) is 11.9 Å². The second-order valence-electron chi connectivity index (χ2n) is 5.45.